The van der Waals surface area contributed by atoms with Crippen molar-refractivity contribution < 1.29 is 13.2 Å². The summed E-state index contributed by atoms with van der Waals surface area (Å²) in [7, 11) is -3.43. The second-order valence-electron chi connectivity index (χ2n) is 5.37. The SMILES string of the molecule is CC(C)(COC(C)(C)C)CS(N)(=O)=O. The number of nitrogens with two attached hydrogens (primary N) is 1. The second kappa shape index (κ2) is 4.16. The van der Waals surface area contributed by atoms with Gasteiger partial charge in [0.2, 0.25) is 10.0 Å². The van der Waals surface area contributed by atoms with Crippen molar-refractivity contribution in [1.29, 1.82) is 0 Å². The molecule has 0 unspecified atom stereocenters. The van der Waals surface area contributed by atoms with E-state index in [9.17, 15) is 8.42 Å². The predicted octanol–water partition coefficient (Wildman–Crippen LogP) is 1.12. The van der Waals surface area contributed by atoms with Gasteiger partial charge in [0.15, 0.2) is 0 Å². The molecule has 0 amide bonds. The van der Waals surface area contributed by atoms with Gasteiger partial charge in [0, 0.05) is 5.41 Å². The fourth-order valence-electron chi connectivity index (χ4n) is 0.998. The van der Waals surface area contributed by atoms with E-state index in [-0.39, 0.29) is 11.4 Å². The van der Waals surface area contributed by atoms with Gasteiger partial charge in [-0.3, -0.25) is 0 Å². The molecule has 0 aromatic heterocycles. The fraction of sp³-hybridized carbons (Fsp3) is 1.00. The van der Waals surface area contributed by atoms with Crippen LogP contribution in [0.5, 0.6) is 0 Å². The number of ether oxygens (including phenoxy) is 1. The molecule has 0 aliphatic heterocycles. The van der Waals surface area contributed by atoms with Crippen molar-refractivity contribution in [2.24, 2.45) is 10.6 Å². The van der Waals surface area contributed by atoms with Gasteiger partial charge in [0.05, 0.1) is 18.0 Å². The van der Waals surface area contributed by atoms with Gasteiger partial charge in [-0.15, -0.1) is 0 Å². The van der Waals surface area contributed by atoms with Crippen LogP contribution < -0.4 is 5.14 Å². The van der Waals surface area contributed by atoms with Crippen LogP contribution in [0, 0.1) is 5.41 Å². The van der Waals surface area contributed by atoms with Gasteiger partial charge in [-0.25, -0.2) is 13.6 Å². The molecule has 0 saturated carbocycles. The Morgan fingerprint density at radius 2 is 1.57 bits per heavy atom. The molecule has 0 aliphatic rings. The first kappa shape index (κ1) is 13.9. The summed E-state index contributed by atoms with van der Waals surface area (Å²) >= 11 is 0. The Bertz CT molecular complexity index is 275. The van der Waals surface area contributed by atoms with Gasteiger partial charge < -0.3 is 4.74 Å². The highest BCUT2D eigenvalue weighted by molar-refractivity contribution is 7.89. The summed E-state index contributed by atoms with van der Waals surface area (Å²) in [5, 5.41) is 4.98. The lowest BCUT2D eigenvalue weighted by Gasteiger charge is -2.28. The van der Waals surface area contributed by atoms with E-state index in [1.54, 1.807) is 0 Å². The predicted molar refractivity (Wildman–Crippen MR) is 57.5 cm³/mol. The van der Waals surface area contributed by atoms with Crippen LogP contribution in [0.1, 0.15) is 34.6 Å². The van der Waals surface area contributed by atoms with Gasteiger partial charge >= 0.3 is 0 Å². The Morgan fingerprint density at radius 3 is 1.86 bits per heavy atom. The smallest absolute Gasteiger partial charge is 0.209 e. The summed E-state index contributed by atoms with van der Waals surface area (Å²) in [4.78, 5) is 0. The molecule has 0 saturated heterocycles. The average molecular weight is 223 g/mol. The van der Waals surface area contributed by atoms with E-state index in [2.05, 4.69) is 0 Å². The number of rotatable bonds is 4. The minimum Gasteiger partial charge on any atom is -0.375 e. The number of hydrogen-bond acceptors (Lipinski definition) is 3. The lowest BCUT2D eigenvalue weighted by Crippen LogP contribution is -2.35. The van der Waals surface area contributed by atoms with Crippen LogP contribution in [-0.2, 0) is 14.8 Å². The summed E-state index contributed by atoms with van der Waals surface area (Å²) in [6.07, 6.45) is 0. The summed E-state index contributed by atoms with van der Waals surface area (Å²) in [6.45, 7) is 9.82. The standard InChI is InChI=1S/C9H21NO3S/c1-8(2,3)13-6-9(4,5)7-14(10,11)12/h6-7H2,1-5H3,(H2,10,11,12). The Hall–Kier alpha value is -0.130. The molecule has 14 heavy (non-hydrogen) atoms. The lowest BCUT2D eigenvalue weighted by atomic mass is 9.97. The molecule has 0 atom stereocenters. The molecule has 5 heteroatoms. The van der Waals surface area contributed by atoms with Crippen molar-refractivity contribution in [3.63, 3.8) is 0 Å². The van der Waals surface area contributed by atoms with Crippen molar-refractivity contribution in [3.8, 4) is 0 Å². The highest BCUT2D eigenvalue weighted by Gasteiger charge is 2.26. The minimum absolute atomic E-state index is 0.0594. The van der Waals surface area contributed by atoms with Crippen LogP contribution >= 0.6 is 0 Å². The summed E-state index contributed by atoms with van der Waals surface area (Å²) in [6, 6.07) is 0. The maximum Gasteiger partial charge on any atom is 0.209 e. The van der Waals surface area contributed by atoms with Gasteiger partial charge in [-0.2, -0.15) is 0 Å². The van der Waals surface area contributed by atoms with Crippen molar-refractivity contribution in [2.45, 2.75) is 40.2 Å². The third-order valence-corrected chi connectivity index (χ3v) is 2.67. The summed E-state index contributed by atoms with van der Waals surface area (Å²) < 4.78 is 27.3. The highest BCUT2D eigenvalue weighted by Crippen LogP contribution is 2.20. The molecular weight excluding hydrogens is 202 g/mol. The molecule has 0 fully saturated rings. The number of hydrogen-bond donors (Lipinski definition) is 1. The summed E-state index contributed by atoms with van der Waals surface area (Å²) in [5.41, 5.74) is -0.698. The van der Waals surface area contributed by atoms with Gasteiger partial charge in [-0.05, 0) is 20.8 Å². The molecular formula is C9H21NO3S. The normalized spacial score (nSPS) is 14.4. The first-order valence-corrected chi connectivity index (χ1v) is 6.27. The van der Waals surface area contributed by atoms with Gasteiger partial charge in [0.1, 0.15) is 0 Å². The monoisotopic (exact) mass is 223 g/mol. The van der Waals surface area contributed by atoms with Crippen LogP contribution in [-0.4, -0.2) is 26.4 Å². The third kappa shape index (κ3) is 8.47. The molecule has 0 aliphatic carbocycles. The maximum atomic E-state index is 10.9. The third-order valence-electron chi connectivity index (χ3n) is 1.49. The van der Waals surface area contributed by atoms with E-state index < -0.39 is 15.4 Å². The lowest BCUT2D eigenvalue weighted by molar-refractivity contribution is -0.0374. The van der Waals surface area contributed by atoms with Gasteiger partial charge in [0.25, 0.3) is 0 Å². The molecule has 4 nitrogen and oxygen atoms in total. The van der Waals surface area contributed by atoms with Gasteiger partial charge in [-0.1, -0.05) is 13.8 Å². The Labute approximate surface area is 86.9 Å². The maximum absolute atomic E-state index is 10.9. The van der Waals surface area contributed by atoms with E-state index >= 15 is 0 Å². The molecule has 0 spiro atoms. The van der Waals surface area contributed by atoms with Crippen LogP contribution in [0.4, 0.5) is 0 Å². The zero-order chi connectivity index (χ0) is 11.6. The van der Waals surface area contributed by atoms with Crippen molar-refractivity contribution in [2.75, 3.05) is 12.4 Å². The molecule has 86 valence electrons. The second-order valence-corrected chi connectivity index (χ2v) is 6.99. The Morgan fingerprint density at radius 1 is 1.14 bits per heavy atom. The zero-order valence-corrected chi connectivity index (χ0v) is 10.4. The molecule has 2 N–H and O–H groups in total. The summed E-state index contributed by atoms with van der Waals surface area (Å²) in [5.74, 6) is -0.0594. The van der Waals surface area contributed by atoms with Crippen LogP contribution in [0.15, 0.2) is 0 Å². The number of sulfonamides is 1. The highest BCUT2D eigenvalue weighted by atomic mass is 32.2. The molecule has 0 bridgehead atoms. The quantitative estimate of drug-likeness (QED) is 0.776. The topological polar surface area (TPSA) is 69.4 Å². The molecule has 0 aromatic carbocycles. The average Bonchev–Trinajstić information content (AvgIpc) is 1.76. The minimum atomic E-state index is -3.43. The molecule has 0 aromatic rings. The Kier molecular flexibility index (Phi) is 4.12. The van der Waals surface area contributed by atoms with E-state index in [0.717, 1.165) is 0 Å². The van der Waals surface area contributed by atoms with Crippen molar-refractivity contribution >= 4 is 10.0 Å². The van der Waals surface area contributed by atoms with E-state index in [1.165, 1.54) is 0 Å². The van der Waals surface area contributed by atoms with Crippen LogP contribution in [0.25, 0.3) is 0 Å². The zero-order valence-electron chi connectivity index (χ0n) is 9.62. The van der Waals surface area contributed by atoms with Crippen LogP contribution in [0.2, 0.25) is 0 Å². The molecule has 0 radical (unpaired) electrons. The Balaban J connectivity index is 4.23. The van der Waals surface area contributed by atoms with E-state index in [4.69, 9.17) is 9.88 Å². The molecule has 0 rings (SSSR count). The number of primary sulfonamides is 1. The van der Waals surface area contributed by atoms with Crippen molar-refractivity contribution in [3.05, 3.63) is 0 Å². The van der Waals surface area contributed by atoms with E-state index in [1.807, 2.05) is 34.6 Å². The van der Waals surface area contributed by atoms with Crippen molar-refractivity contribution in [1.82, 2.24) is 0 Å². The van der Waals surface area contributed by atoms with Crippen LogP contribution in [0.3, 0.4) is 0 Å². The first-order chi connectivity index (χ1) is 5.91. The van der Waals surface area contributed by atoms with E-state index in [0.29, 0.717) is 6.61 Å². The fourth-order valence-corrected chi connectivity index (χ4v) is 2.17. The largest absolute Gasteiger partial charge is 0.375 e. The molecule has 0 heterocycles. The first-order valence-electron chi connectivity index (χ1n) is 4.56.